The second kappa shape index (κ2) is 6.28. The molecule has 9 rings (SSSR count). The molecule has 6 heteroatoms. The van der Waals surface area contributed by atoms with Crippen molar-refractivity contribution in [2.75, 3.05) is 0 Å². The van der Waals surface area contributed by atoms with Crippen LogP contribution in [0, 0.1) is 13.8 Å². The minimum Gasteiger partial charge on any atom is -0.455 e. The summed E-state index contributed by atoms with van der Waals surface area (Å²) in [6.45, 7) is 4.45. The number of nitrogens with zero attached hydrogens (tertiary/aromatic N) is 4. The number of fused-ring (bicyclic) bond motifs is 4. The molecule has 1 spiro atoms. The van der Waals surface area contributed by atoms with Crippen LogP contribution in [-0.4, -0.2) is 9.08 Å². The summed E-state index contributed by atoms with van der Waals surface area (Å²) in [5.41, 5.74) is 8.53. The van der Waals surface area contributed by atoms with Crippen LogP contribution < -0.4 is 18.7 Å². The van der Waals surface area contributed by atoms with Gasteiger partial charge in [0.1, 0.15) is 17.2 Å². The molecule has 1 unspecified atom stereocenters. The lowest BCUT2D eigenvalue weighted by Gasteiger charge is -2.31. The van der Waals surface area contributed by atoms with Crippen LogP contribution in [0.15, 0.2) is 97.3 Å². The number of aromatic nitrogens is 4. The smallest absolute Gasteiger partial charge is 0.452 e. The van der Waals surface area contributed by atoms with Crippen molar-refractivity contribution in [1.82, 2.24) is 9.08 Å². The first-order valence-electron chi connectivity index (χ1n) is 12.5. The van der Waals surface area contributed by atoms with Gasteiger partial charge >= 0.3 is 11.5 Å². The number of ether oxygens (including phenoxy) is 2. The summed E-state index contributed by atoms with van der Waals surface area (Å²) in [6, 6.07) is 29.3. The van der Waals surface area contributed by atoms with Crippen LogP contribution >= 0.6 is 0 Å². The van der Waals surface area contributed by atoms with Gasteiger partial charge in [-0.25, -0.2) is 0 Å². The predicted molar refractivity (Wildman–Crippen MR) is 137 cm³/mol. The first-order valence-corrected chi connectivity index (χ1v) is 12.5. The van der Waals surface area contributed by atoms with Crippen molar-refractivity contribution in [2.45, 2.75) is 19.5 Å². The highest BCUT2D eigenvalue weighted by Crippen LogP contribution is 2.56. The summed E-state index contributed by atoms with van der Waals surface area (Å²) in [7, 11) is 0. The highest BCUT2D eigenvalue weighted by molar-refractivity contribution is 5.73. The van der Waals surface area contributed by atoms with Gasteiger partial charge in [-0.1, -0.05) is 22.8 Å². The van der Waals surface area contributed by atoms with Gasteiger partial charge in [-0.3, -0.25) is 0 Å². The third kappa shape index (κ3) is 2.03. The van der Waals surface area contributed by atoms with Crippen LogP contribution in [0.1, 0.15) is 22.5 Å². The lowest BCUT2D eigenvalue weighted by atomic mass is 9.85. The average molecular weight is 483 g/mol. The van der Waals surface area contributed by atoms with Crippen LogP contribution in [0.25, 0.3) is 22.5 Å². The summed E-state index contributed by atoms with van der Waals surface area (Å²) in [5, 5.41) is 0. The predicted octanol–water partition coefficient (Wildman–Crippen LogP) is 5.41. The average Bonchev–Trinajstić information content (AvgIpc) is 3.55. The lowest BCUT2D eigenvalue weighted by Crippen LogP contribution is -2.76. The summed E-state index contributed by atoms with van der Waals surface area (Å²) >= 11 is 0. The van der Waals surface area contributed by atoms with Crippen molar-refractivity contribution in [1.29, 1.82) is 0 Å². The molecular weight excluding hydrogens is 460 g/mol. The maximum atomic E-state index is 6.54. The summed E-state index contributed by atoms with van der Waals surface area (Å²) in [4.78, 5) is 0. The van der Waals surface area contributed by atoms with E-state index in [-0.39, 0.29) is 0 Å². The molecule has 4 aromatic heterocycles. The third-order valence-corrected chi connectivity index (χ3v) is 8.21. The fraction of sp³-hybridized carbons (Fsp3) is 0.0968. The van der Waals surface area contributed by atoms with Crippen molar-refractivity contribution in [2.24, 2.45) is 0 Å². The Kier molecular flexibility index (Phi) is 3.29. The largest absolute Gasteiger partial charge is 0.455 e. The molecule has 0 fully saturated rings. The Morgan fingerprint density at radius 2 is 1.51 bits per heavy atom. The zero-order chi connectivity index (χ0) is 24.5. The summed E-state index contributed by atoms with van der Waals surface area (Å²) in [5.74, 6) is 3.30. The molecule has 6 aromatic rings. The van der Waals surface area contributed by atoms with E-state index in [0.717, 1.165) is 39.9 Å². The molecule has 7 heterocycles. The van der Waals surface area contributed by atoms with Crippen molar-refractivity contribution in [3.8, 4) is 40.1 Å². The number of hydrogen-bond acceptors (Lipinski definition) is 2. The normalized spacial score (nSPS) is 17.5. The topological polar surface area (TPSA) is 35.6 Å². The van der Waals surface area contributed by atoms with E-state index in [1.807, 2.05) is 30.3 Å². The first kappa shape index (κ1) is 19.4. The molecule has 3 aliphatic rings. The van der Waals surface area contributed by atoms with Crippen LogP contribution in [0.3, 0.4) is 0 Å². The Morgan fingerprint density at radius 3 is 2.41 bits per heavy atom. The molecule has 3 aliphatic heterocycles. The minimum absolute atomic E-state index is 0.689. The third-order valence-electron chi connectivity index (χ3n) is 8.21. The number of benzene rings is 2. The van der Waals surface area contributed by atoms with Gasteiger partial charge in [0.2, 0.25) is 5.69 Å². The van der Waals surface area contributed by atoms with E-state index in [0.29, 0.717) is 0 Å². The molecule has 0 saturated heterocycles. The van der Waals surface area contributed by atoms with E-state index >= 15 is 0 Å². The van der Waals surface area contributed by atoms with Crippen LogP contribution in [-0.2, 0) is 5.66 Å². The fourth-order valence-electron chi connectivity index (χ4n) is 6.93. The van der Waals surface area contributed by atoms with E-state index in [1.54, 1.807) is 0 Å². The van der Waals surface area contributed by atoms with Crippen LogP contribution in [0.4, 0.5) is 0 Å². The van der Waals surface area contributed by atoms with Crippen molar-refractivity contribution in [3.05, 3.63) is 120 Å². The molecule has 37 heavy (non-hydrogen) atoms. The van der Waals surface area contributed by atoms with E-state index in [4.69, 9.17) is 9.47 Å². The molecule has 6 nitrogen and oxygen atoms in total. The molecule has 1 atom stereocenters. The fourth-order valence-corrected chi connectivity index (χ4v) is 6.93. The Bertz CT molecular complexity index is 1970. The van der Waals surface area contributed by atoms with E-state index in [2.05, 4.69) is 99.2 Å². The zero-order valence-electron chi connectivity index (χ0n) is 20.3. The maximum Gasteiger partial charge on any atom is 0.452 e. The molecule has 0 N–H and O–H groups in total. The summed E-state index contributed by atoms with van der Waals surface area (Å²) in [6.07, 6.45) is 4.26. The highest BCUT2D eigenvalue weighted by atomic mass is 16.5. The maximum absolute atomic E-state index is 6.54. The van der Waals surface area contributed by atoms with E-state index in [1.165, 1.54) is 28.2 Å². The first-order chi connectivity index (χ1) is 18.2. The number of rotatable bonds is 1. The molecule has 2 aromatic carbocycles. The Morgan fingerprint density at radius 1 is 0.730 bits per heavy atom. The molecule has 0 saturated carbocycles. The lowest BCUT2D eigenvalue weighted by molar-refractivity contribution is -0.999. The van der Waals surface area contributed by atoms with Gasteiger partial charge in [0.15, 0.2) is 23.1 Å². The van der Waals surface area contributed by atoms with Gasteiger partial charge < -0.3 is 13.9 Å². The Labute approximate surface area is 212 Å². The minimum atomic E-state index is -0.689. The van der Waals surface area contributed by atoms with Crippen LogP contribution in [0.5, 0.6) is 23.1 Å². The standard InChI is InChI=1S/C31H22N4O2/c1-19-28(22-16-15-21-9-3-5-17-32(21)22)20(2)35-31-29-23(34(19)35)10-7-11-24(29)36-25-12-8-13-26(30(25)31)37-27-14-4-6-18-33(27)31/h3-18H,1-2H3/q+2. The Balaban J connectivity index is 1.50. The second-order valence-electron chi connectivity index (χ2n) is 9.95. The van der Waals surface area contributed by atoms with E-state index in [9.17, 15) is 0 Å². The number of pyridine rings is 2. The van der Waals surface area contributed by atoms with Crippen LogP contribution in [0.2, 0.25) is 0 Å². The Hall–Kier alpha value is -4.84. The van der Waals surface area contributed by atoms with Crippen molar-refractivity contribution >= 4 is 5.52 Å². The highest BCUT2D eigenvalue weighted by Gasteiger charge is 2.72. The van der Waals surface area contributed by atoms with Gasteiger partial charge in [-0.2, -0.15) is 0 Å². The van der Waals surface area contributed by atoms with Gasteiger partial charge in [0.05, 0.1) is 23.0 Å². The molecule has 176 valence electrons. The van der Waals surface area contributed by atoms with Gasteiger partial charge in [0.25, 0.3) is 0 Å². The zero-order valence-corrected chi connectivity index (χ0v) is 20.3. The molecule has 0 amide bonds. The van der Waals surface area contributed by atoms with Gasteiger partial charge in [-0.05, 0) is 66.2 Å². The van der Waals surface area contributed by atoms with Gasteiger partial charge in [-0.15, -0.1) is 4.68 Å². The number of hydrogen-bond donors (Lipinski definition) is 0. The molecular formula is C31H22N4O2+2. The SMILES string of the molecule is Cc1c(-c2ccc3ccccn23)c(C)[n+]2n1-c1cccc3c1C21c2c(cccc2Oc2cccc[n+]21)O3. The van der Waals surface area contributed by atoms with Gasteiger partial charge in [0, 0.05) is 24.7 Å². The van der Waals surface area contributed by atoms with E-state index < -0.39 is 5.66 Å². The summed E-state index contributed by atoms with van der Waals surface area (Å²) < 4.78 is 22.4. The second-order valence-corrected chi connectivity index (χ2v) is 9.95. The van der Waals surface area contributed by atoms with Crippen molar-refractivity contribution in [3.63, 3.8) is 0 Å². The molecule has 0 radical (unpaired) electrons. The molecule has 0 bridgehead atoms. The van der Waals surface area contributed by atoms with Crippen molar-refractivity contribution < 1.29 is 18.7 Å². The monoisotopic (exact) mass is 482 g/mol. The molecule has 0 aliphatic carbocycles. The quantitative estimate of drug-likeness (QED) is 0.293.